The van der Waals surface area contributed by atoms with Crippen molar-refractivity contribution in [2.24, 2.45) is 0 Å². The quantitative estimate of drug-likeness (QED) is 0.227. The van der Waals surface area contributed by atoms with E-state index in [-0.39, 0.29) is 29.9 Å². The minimum Gasteiger partial charge on any atom is -0.490 e. The first-order chi connectivity index (χ1) is 20.0. The second kappa shape index (κ2) is 10.5. The summed E-state index contributed by atoms with van der Waals surface area (Å²) in [7, 11) is 0. The number of aryl methyl sites for hydroxylation is 1. The molecule has 12 heteroatoms. The minimum atomic E-state index is -5.21. The maximum Gasteiger partial charge on any atom is 0.424 e. The predicted octanol–water partition coefficient (Wildman–Crippen LogP) is 6.41. The van der Waals surface area contributed by atoms with E-state index in [1.807, 2.05) is 13.8 Å². The summed E-state index contributed by atoms with van der Waals surface area (Å²) in [6, 6.07) is 9.31. The van der Waals surface area contributed by atoms with Crippen LogP contribution in [-0.4, -0.2) is 46.4 Å². The molecule has 4 aromatic rings. The number of ether oxygens (including phenoxy) is 2. The Bertz CT molecular complexity index is 1670. The minimum absolute atomic E-state index is 0.0148. The van der Waals surface area contributed by atoms with E-state index < -0.39 is 35.7 Å². The van der Waals surface area contributed by atoms with Crippen LogP contribution in [0.1, 0.15) is 58.7 Å². The van der Waals surface area contributed by atoms with Crippen LogP contribution >= 0.6 is 11.3 Å². The Morgan fingerprint density at radius 2 is 1.90 bits per heavy atom. The van der Waals surface area contributed by atoms with Crippen molar-refractivity contribution in [2.75, 3.05) is 13.2 Å². The number of rotatable bonds is 8. The Morgan fingerprint density at radius 1 is 1.17 bits per heavy atom. The number of benzene rings is 2. The van der Waals surface area contributed by atoms with Crippen LogP contribution in [0, 0.1) is 12.7 Å². The number of fused-ring (bicyclic) bond motifs is 2. The number of pyridine rings is 1. The third-order valence-electron chi connectivity index (χ3n) is 7.53. The molecule has 1 aliphatic heterocycles. The lowest BCUT2D eigenvalue weighted by atomic mass is 9.91. The van der Waals surface area contributed by atoms with Crippen molar-refractivity contribution < 1.29 is 36.9 Å². The Labute approximate surface area is 242 Å². The first-order valence-corrected chi connectivity index (χ1v) is 14.4. The molecule has 0 saturated heterocycles. The number of carbonyl (C=O) groups is 1. The summed E-state index contributed by atoms with van der Waals surface area (Å²) >= 11 is 1.34. The molecule has 3 heterocycles. The number of amides is 1. The van der Waals surface area contributed by atoms with Crippen molar-refractivity contribution in [3.8, 4) is 22.8 Å². The largest absolute Gasteiger partial charge is 0.490 e. The van der Waals surface area contributed by atoms with Gasteiger partial charge in [-0.25, -0.2) is 14.4 Å². The molecule has 0 radical (unpaired) electrons. The van der Waals surface area contributed by atoms with Crippen molar-refractivity contribution in [2.45, 2.75) is 56.9 Å². The zero-order chi connectivity index (χ0) is 29.8. The molecule has 0 unspecified atom stereocenters. The van der Waals surface area contributed by atoms with Gasteiger partial charge in [0.1, 0.15) is 28.5 Å². The van der Waals surface area contributed by atoms with E-state index in [9.17, 15) is 27.5 Å². The van der Waals surface area contributed by atoms with Gasteiger partial charge in [0.15, 0.2) is 0 Å². The summed E-state index contributed by atoms with van der Waals surface area (Å²) in [4.78, 5) is 21.9. The van der Waals surface area contributed by atoms with Gasteiger partial charge in [-0.05, 0) is 68.7 Å². The van der Waals surface area contributed by atoms with Crippen LogP contribution in [0.2, 0.25) is 0 Å². The molecule has 1 saturated carbocycles. The van der Waals surface area contributed by atoms with Gasteiger partial charge in [0.25, 0.3) is 5.91 Å². The van der Waals surface area contributed by atoms with E-state index in [1.54, 1.807) is 6.07 Å². The van der Waals surface area contributed by atoms with Gasteiger partial charge in [-0.3, -0.25) is 4.79 Å². The fraction of sp³-hybridized carbons (Fsp3) is 0.367. The van der Waals surface area contributed by atoms with Crippen molar-refractivity contribution in [3.05, 3.63) is 70.1 Å². The average molecular weight is 602 g/mol. The summed E-state index contributed by atoms with van der Waals surface area (Å²) in [5, 5.41) is 14.3. The molecule has 0 spiro atoms. The van der Waals surface area contributed by atoms with Crippen LogP contribution in [0.5, 0.6) is 11.5 Å². The molecule has 1 amide bonds. The molecular formula is C30H27F4N3O4S. The smallest absolute Gasteiger partial charge is 0.424 e. The van der Waals surface area contributed by atoms with Crippen molar-refractivity contribution in [1.82, 2.24) is 15.3 Å². The zero-order valence-corrected chi connectivity index (χ0v) is 23.5. The lowest BCUT2D eigenvalue weighted by Crippen LogP contribution is -2.51. The molecular weight excluding hydrogens is 574 g/mol. The molecule has 2 aliphatic rings. The van der Waals surface area contributed by atoms with E-state index in [0.717, 1.165) is 17.8 Å². The standard InChI is InChI=1S/C30H27F4N3O4S/c1-3-16-13-40-27-21(16)12-24(37-25(27)17-4-6-19(31)7-5-17)29(39,30(32,33)34)14-35-28(38)18-10-22(41-20-8-9-20)26-23(11-18)42-15(2)36-26/h4-7,10-12,16,20,39H,3,8-9,13-14H2,1-2H3,(H,35,38)/t16-,29+/m1/s1. The van der Waals surface area contributed by atoms with Crippen molar-refractivity contribution in [3.63, 3.8) is 0 Å². The summed E-state index contributed by atoms with van der Waals surface area (Å²) < 4.78 is 69.9. The van der Waals surface area contributed by atoms with Crippen LogP contribution < -0.4 is 14.8 Å². The third kappa shape index (κ3) is 5.17. The number of aromatic nitrogens is 2. The molecule has 2 aromatic heterocycles. The Morgan fingerprint density at radius 3 is 2.57 bits per heavy atom. The second-order valence-corrected chi connectivity index (χ2v) is 11.8. The molecule has 2 N–H and O–H groups in total. The molecule has 42 heavy (non-hydrogen) atoms. The Kier molecular flexibility index (Phi) is 7.09. The molecule has 1 fully saturated rings. The third-order valence-corrected chi connectivity index (χ3v) is 8.44. The summed E-state index contributed by atoms with van der Waals surface area (Å²) in [5.41, 5.74) is -2.70. The number of aliphatic hydroxyl groups is 1. The zero-order valence-electron chi connectivity index (χ0n) is 22.7. The van der Waals surface area contributed by atoms with Crippen molar-refractivity contribution in [1.29, 1.82) is 0 Å². The lowest BCUT2D eigenvalue weighted by molar-refractivity contribution is -0.265. The maximum absolute atomic E-state index is 14.6. The van der Waals surface area contributed by atoms with E-state index in [2.05, 4.69) is 15.3 Å². The lowest BCUT2D eigenvalue weighted by Gasteiger charge is -2.31. The number of alkyl halides is 3. The van der Waals surface area contributed by atoms with Crippen molar-refractivity contribution >= 4 is 27.5 Å². The van der Waals surface area contributed by atoms with Gasteiger partial charge in [-0.2, -0.15) is 13.2 Å². The fourth-order valence-corrected chi connectivity index (χ4v) is 5.86. The Balaban J connectivity index is 1.36. The molecule has 220 valence electrons. The number of thiazole rings is 1. The van der Waals surface area contributed by atoms with Gasteiger partial charge in [0, 0.05) is 22.6 Å². The molecule has 7 nitrogen and oxygen atoms in total. The second-order valence-electron chi connectivity index (χ2n) is 10.6. The number of hydrogen-bond donors (Lipinski definition) is 2. The molecule has 2 atom stereocenters. The summed E-state index contributed by atoms with van der Waals surface area (Å²) in [6.07, 6.45) is -2.87. The normalized spacial score (nSPS) is 17.9. The Hall–Kier alpha value is -3.77. The highest BCUT2D eigenvalue weighted by Gasteiger charge is 2.57. The van der Waals surface area contributed by atoms with Gasteiger partial charge in [0.05, 0.1) is 34.7 Å². The molecule has 1 aliphatic carbocycles. The van der Waals surface area contributed by atoms with Gasteiger partial charge in [-0.15, -0.1) is 11.3 Å². The molecule has 6 rings (SSSR count). The van der Waals surface area contributed by atoms with Crippen LogP contribution in [0.15, 0.2) is 42.5 Å². The van der Waals surface area contributed by atoms with Gasteiger partial charge < -0.3 is 19.9 Å². The van der Waals surface area contributed by atoms with Crippen LogP contribution in [0.3, 0.4) is 0 Å². The SMILES string of the molecule is CC[C@@H]1COc2c1cc([C@@](O)(CNC(=O)c1cc(OC3CC3)c3nc(C)sc3c1)C(F)(F)F)nc2-c1ccc(F)cc1. The summed E-state index contributed by atoms with van der Waals surface area (Å²) in [5.74, 6) is -0.883. The highest BCUT2D eigenvalue weighted by molar-refractivity contribution is 7.18. The van der Waals surface area contributed by atoms with E-state index in [1.165, 1.54) is 47.7 Å². The first kappa shape index (κ1) is 28.4. The van der Waals surface area contributed by atoms with Gasteiger partial charge in [-0.1, -0.05) is 6.92 Å². The number of hydrogen-bond acceptors (Lipinski definition) is 7. The van der Waals surface area contributed by atoms with Gasteiger partial charge >= 0.3 is 6.18 Å². The number of halogens is 4. The fourth-order valence-electron chi connectivity index (χ4n) is 4.98. The van der Waals surface area contributed by atoms with E-state index >= 15 is 0 Å². The highest BCUT2D eigenvalue weighted by Crippen LogP contribution is 2.46. The van der Waals surface area contributed by atoms with Crippen LogP contribution in [0.25, 0.3) is 21.5 Å². The molecule has 0 bridgehead atoms. The first-order valence-electron chi connectivity index (χ1n) is 13.6. The van der Waals surface area contributed by atoms with E-state index in [4.69, 9.17) is 9.47 Å². The summed E-state index contributed by atoms with van der Waals surface area (Å²) in [6.45, 7) is 2.73. The highest BCUT2D eigenvalue weighted by atomic mass is 32.1. The molecule has 2 aromatic carbocycles. The van der Waals surface area contributed by atoms with E-state index in [0.29, 0.717) is 39.3 Å². The number of nitrogens with one attached hydrogen (secondary N) is 1. The van der Waals surface area contributed by atoms with Crippen LogP contribution in [-0.2, 0) is 5.60 Å². The average Bonchev–Trinajstić information content (AvgIpc) is 3.53. The monoisotopic (exact) mass is 601 g/mol. The van der Waals surface area contributed by atoms with Gasteiger partial charge in [0.2, 0.25) is 5.60 Å². The van der Waals surface area contributed by atoms with Crippen LogP contribution in [0.4, 0.5) is 17.6 Å². The maximum atomic E-state index is 14.6. The number of carbonyl (C=O) groups excluding carboxylic acids is 1. The topological polar surface area (TPSA) is 93.6 Å². The predicted molar refractivity (Wildman–Crippen MR) is 148 cm³/mol. The number of nitrogens with zero attached hydrogens (tertiary/aromatic N) is 2.